The molecule has 0 spiro atoms. The third kappa shape index (κ3) is 3.04. The van der Waals surface area contributed by atoms with Gasteiger partial charge in [-0.15, -0.1) is 10.2 Å². The number of nitrogens with zero attached hydrogens (tertiary/aromatic N) is 3. The highest BCUT2D eigenvalue weighted by atomic mass is 16.5. The van der Waals surface area contributed by atoms with Crippen LogP contribution in [0.5, 0.6) is 0 Å². The fourth-order valence-corrected chi connectivity index (χ4v) is 2.37. The number of piperidine rings is 1. The van der Waals surface area contributed by atoms with E-state index in [0.717, 1.165) is 37.8 Å². The first-order valence-corrected chi connectivity index (χ1v) is 6.45. The second-order valence-electron chi connectivity index (χ2n) is 4.61. The van der Waals surface area contributed by atoms with E-state index < -0.39 is 0 Å². The Hall–Kier alpha value is -0.940. The number of hydrogen-bond acceptors (Lipinski definition) is 4. The van der Waals surface area contributed by atoms with Crippen molar-refractivity contribution in [3.05, 3.63) is 11.6 Å². The Kier molecular flexibility index (Phi) is 4.50. The van der Waals surface area contributed by atoms with Gasteiger partial charge in [0.2, 0.25) is 0 Å². The van der Waals surface area contributed by atoms with E-state index in [2.05, 4.69) is 20.1 Å². The van der Waals surface area contributed by atoms with Crippen LogP contribution in [0.4, 0.5) is 0 Å². The van der Waals surface area contributed by atoms with Crippen molar-refractivity contribution in [3.8, 4) is 0 Å². The van der Waals surface area contributed by atoms with E-state index in [0.29, 0.717) is 6.04 Å². The predicted octanol–water partition coefficient (Wildman–Crippen LogP) is 1.44. The Balaban J connectivity index is 2.04. The fraction of sp³-hybridized carbons (Fsp3) is 0.833. The summed E-state index contributed by atoms with van der Waals surface area (Å²) in [6.45, 7) is 4.84. The first kappa shape index (κ1) is 12.5. The lowest BCUT2D eigenvalue weighted by molar-refractivity contribution is 0.189. The van der Waals surface area contributed by atoms with Crippen molar-refractivity contribution in [2.24, 2.45) is 0 Å². The number of rotatable bonds is 5. The maximum absolute atomic E-state index is 5.10. The van der Waals surface area contributed by atoms with E-state index in [4.69, 9.17) is 4.74 Å². The first-order chi connectivity index (χ1) is 8.33. The van der Waals surface area contributed by atoms with Crippen molar-refractivity contribution >= 4 is 0 Å². The highest BCUT2D eigenvalue weighted by Crippen LogP contribution is 2.22. The van der Waals surface area contributed by atoms with Gasteiger partial charge in [-0.25, -0.2) is 0 Å². The second-order valence-corrected chi connectivity index (χ2v) is 4.61. The van der Waals surface area contributed by atoms with Gasteiger partial charge in [0.15, 0.2) is 0 Å². The average molecular weight is 238 g/mol. The Morgan fingerprint density at radius 2 is 2.29 bits per heavy atom. The molecule has 2 rings (SSSR count). The Bertz CT molecular complexity index is 344. The highest BCUT2D eigenvalue weighted by Gasteiger charge is 2.21. The van der Waals surface area contributed by atoms with Gasteiger partial charge in [-0.05, 0) is 32.7 Å². The number of nitrogens with one attached hydrogen (secondary N) is 1. The molecule has 2 heterocycles. The average Bonchev–Trinajstić information content (AvgIpc) is 2.73. The van der Waals surface area contributed by atoms with E-state index in [1.807, 2.05) is 6.92 Å². The lowest BCUT2D eigenvalue weighted by Gasteiger charge is -2.23. The Labute approximate surface area is 103 Å². The molecule has 5 heteroatoms. The maximum atomic E-state index is 5.10. The molecule has 1 aliphatic heterocycles. The largest absolute Gasteiger partial charge is 0.385 e. The van der Waals surface area contributed by atoms with Crippen molar-refractivity contribution in [2.75, 3.05) is 20.3 Å². The zero-order chi connectivity index (χ0) is 12.1. The van der Waals surface area contributed by atoms with Crippen molar-refractivity contribution < 1.29 is 4.74 Å². The molecule has 0 aliphatic carbocycles. The predicted molar refractivity (Wildman–Crippen MR) is 65.8 cm³/mol. The number of aromatic nitrogens is 3. The van der Waals surface area contributed by atoms with Gasteiger partial charge >= 0.3 is 0 Å². The number of ether oxygens (including phenoxy) is 1. The summed E-state index contributed by atoms with van der Waals surface area (Å²) in [6.07, 6.45) is 4.73. The van der Waals surface area contributed by atoms with Crippen molar-refractivity contribution in [3.63, 3.8) is 0 Å². The molecule has 1 N–H and O–H groups in total. The van der Waals surface area contributed by atoms with Gasteiger partial charge in [-0.1, -0.05) is 6.42 Å². The Morgan fingerprint density at radius 3 is 3.00 bits per heavy atom. The number of aryl methyl sites for hydroxylation is 1. The lowest BCUT2D eigenvalue weighted by Crippen LogP contribution is -2.29. The van der Waals surface area contributed by atoms with Gasteiger partial charge in [0, 0.05) is 20.3 Å². The van der Waals surface area contributed by atoms with E-state index in [9.17, 15) is 0 Å². The van der Waals surface area contributed by atoms with Crippen LogP contribution in [0.15, 0.2) is 0 Å². The van der Waals surface area contributed by atoms with Crippen LogP contribution in [-0.4, -0.2) is 35.0 Å². The van der Waals surface area contributed by atoms with Crippen LogP contribution in [0.3, 0.4) is 0 Å². The van der Waals surface area contributed by atoms with Crippen LogP contribution < -0.4 is 5.32 Å². The first-order valence-electron chi connectivity index (χ1n) is 6.45. The summed E-state index contributed by atoms with van der Waals surface area (Å²) in [4.78, 5) is 0. The number of hydrogen-bond donors (Lipinski definition) is 1. The molecule has 17 heavy (non-hydrogen) atoms. The highest BCUT2D eigenvalue weighted by molar-refractivity contribution is 5.01. The monoisotopic (exact) mass is 238 g/mol. The van der Waals surface area contributed by atoms with Gasteiger partial charge in [0.05, 0.1) is 6.04 Å². The molecule has 1 atom stereocenters. The zero-order valence-electron chi connectivity index (χ0n) is 10.8. The topological polar surface area (TPSA) is 52.0 Å². The molecule has 0 aromatic carbocycles. The SMILES string of the molecule is COCCCn1c(C)nnc1C1CCCCN1. The molecule has 1 fully saturated rings. The molecule has 1 aromatic heterocycles. The molecule has 5 nitrogen and oxygen atoms in total. The van der Waals surface area contributed by atoms with E-state index >= 15 is 0 Å². The minimum Gasteiger partial charge on any atom is -0.385 e. The van der Waals surface area contributed by atoms with Gasteiger partial charge in [0.1, 0.15) is 11.6 Å². The molecule has 1 unspecified atom stereocenters. The summed E-state index contributed by atoms with van der Waals surface area (Å²) in [7, 11) is 1.74. The molecule has 1 aromatic rings. The smallest absolute Gasteiger partial charge is 0.150 e. The third-order valence-corrected chi connectivity index (χ3v) is 3.32. The summed E-state index contributed by atoms with van der Waals surface area (Å²) in [5.41, 5.74) is 0. The van der Waals surface area contributed by atoms with Crippen LogP contribution >= 0.6 is 0 Å². The maximum Gasteiger partial charge on any atom is 0.150 e. The quantitative estimate of drug-likeness (QED) is 0.789. The summed E-state index contributed by atoms with van der Waals surface area (Å²) < 4.78 is 7.32. The van der Waals surface area contributed by atoms with Crippen LogP contribution in [0.2, 0.25) is 0 Å². The van der Waals surface area contributed by atoms with Gasteiger partial charge < -0.3 is 14.6 Å². The second kappa shape index (κ2) is 6.12. The molecule has 96 valence electrons. The van der Waals surface area contributed by atoms with Gasteiger partial charge in [-0.2, -0.15) is 0 Å². The van der Waals surface area contributed by atoms with Crippen LogP contribution in [0.1, 0.15) is 43.4 Å². The molecule has 0 bridgehead atoms. The normalized spacial score (nSPS) is 20.7. The standard InChI is InChI=1S/C12H22N4O/c1-10-14-15-12(11-6-3-4-7-13-11)16(10)8-5-9-17-2/h11,13H,3-9H2,1-2H3. The molecular weight excluding hydrogens is 216 g/mol. The Morgan fingerprint density at radius 1 is 1.41 bits per heavy atom. The van der Waals surface area contributed by atoms with Gasteiger partial charge in [-0.3, -0.25) is 0 Å². The molecule has 0 amide bonds. The lowest BCUT2D eigenvalue weighted by atomic mass is 10.0. The summed E-state index contributed by atoms with van der Waals surface area (Å²) in [5.74, 6) is 2.10. The van der Waals surface area contributed by atoms with E-state index in [1.165, 1.54) is 19.3 Å². The molecular formula is C12H22N4O. The van der Waals surface area contributed by atoms with Crippen LogP contribution in [0.25, 0.3) is 0 Å². The van der Waals surface area contributed by atoms with Crippen LogP contribution in [-0.2, 0) is 11.3 Å². The van der Waals surface area contributed by atoms with Crippen molar-refractivity contribution in [2.45, 2.75) is 45.2 Å². The summed E-state index contributed by atoms with van der Waals surface area (Å²) >= 11 is 0. The molecule has 0 radical (unpaired) electrons. The number of methoxy groups -OCH3 is 1. The fourth-order valence-electron chi connectivity index (χ4n) is 2.37. The van der Waals surface area contributed by atoms with E-state index in [1.54, 1.807) is 7.11 Å². The molecule has 1 aliphatic rings. The van der Waals surface area contributed by atoms with Crippen molar-refractivity contribution in [1.29, 1.82) is 0 Å². The minimum atomic E-state index is 0.382. The minimum absolute atomic E-state index is 0.382. The van der Waals surface area contributed by atoms with Crippen molar-refractivity contribution in [1.82, 2.24) is 20.1 Å². The third-order valence-electron chi connectivity index (χ3n) is 3.32. The van der Waals surface area contributed by atoms with Gasteiger partial charge in [0.25, 0.3) is 0 Å². The zero-order valence-corrected chi connectivity index (χ0v) is 10.8. The molecule has 1 saturated heterocycles. The van der Waals surface area contributed by atoms with Crippen LogP contribution in [0, 0.1) is 6.92 Å². The molecule has 0 saturated carbocycles. The summed E-state index contributed by atoms with van der Waals surface area (Å²) in [6, 6.07) is 0.382. The summed E-state index contributed by atoms with van der Waals surface area (Å²) in [5, 5.41) is 12.1. The van der Waals surface area contributed by atoms with E-state index in [-0.39, 0.29) is 0 Å².